The van der Waals surface area contributed by atoms with E-state index < -0.39 is 26.4 Å². The van der Waals surface area contributed by atoms with Crippen molar-refractivity contribution in [1.82, 2.24) is 0 Å². The van der Waals surface area contributed by atoms with Gasteiger partial charge in [-0.3, -0.25) is 0 Å². The molecule has 180 valence electrons. The lowest BCUT2D eigenvalue weighted by Gasteiger charge is -2.58. The Bertz CT molecular complexity index is 454. The first-order valence-electron chi connectivity index (χ1n) is 11.6. The normalized spacial score (nSPS) is 31.2. The summed E-state index contributed by atoms with van der Waals surface area (Å²) in [4.78, 5) is 0. The summed E-state index contributed by atoms with van der Waals surface area (Å²) in [5, 5.41) is -1.03. The first-order chi connectivity index (χ1) is 13.6. The number of rotatable bonds is 9. The van der Waals surface area contributed by atoms with Crippen molar-refractivity contribution in [2.75, 3.05) is 19.8 Å². The number of hydrogen-bond donors (Lipinski definition) is 0. The first-order valence-corrected chi connectivity index (χ1v) is 16.7. The quantitative estimate of drug-likeness (QED) is 0.349. The predicted octanol–water partition coefficient (Wildman–Crippen LogP) is 6.55. The van der Waals surface area contributed by atoms with Crippen molar-refractivity contribution < 1.29 is 25.6 Å². The minimum absolute atomic E-state index is 0.343. The van der Waals surface area contributed by atoms with Crippen LogP contribution in [0.15, 0.2) is 0 Å². The van der Waals surface area contributed by atoms with Crippen LogP contribution in [0, 0.1) is 0 Å². The molecule has 0 amide bonds. The molecule has 0 bridgehead atoms. The SMILES string of the molecule is CCCO[Si]1(C(C)(C)C)O[Si](OCCC)(C(C)(C)C)O[Si](OCCC)(C(C)(C)C)O1. The van der Waals surface area contributed by atoms with Gasteiger partial charge in [0.15, 0.2) is 0 Å². The molecule has 1 rings (SSSR count). The van der Waals surface area contributed by atoms with Gasteiger partial charge in [0.25, 0.3) is 0 Å². The molecule has 1 aliphatic rings. The van der Waals surface area contributed by atoms with Gasteiger partial charge in [-0.2, -0.15) is 0 Å². The van der Waals surface area contributed by atoms with Crippen molar-refractivity contribution in [2.24, 2.45) is 0 Å². The molecule has 0 atom stereocenters. The van der Waals surface area contributed by atoms with Gasteiger partial charge in [0, 0.05) is 34.9 Å². The summed E-state index contributed by atoms with van der Waals surface area (Å²) in [5.74, 6) is 0. The molecule has 0 spiro atoms. The van der Waals surface area contributed by atoms with Crippen LogP contribution in [-0.4, -0.2) is 46.2 Å². The summed E-state index contributed by atoms with van der Waals surface area (Å²) in [7, 11) is -9.74. The van der Waals surface area contributed by atoms with Crippen LogP contribution >= 0.6 is 0 Å². The van der Waals surface area contributed by atoms with Crippen molar-refractivity contribution in [1.29, 1.82) is 0 Å². The van der Waals surface area contributed by atoms with Gasteiger partial charge >= 0.3 is 26.4 Å². The lowest BCUT2D eigenvalue weighted by atomic mass is 10.3. The van der Waals surface area contributed by atoms with Gasteiger partial charge in [-0.25, -0.2) is 0 Å². The largest absolute Gasteiger partial charge is 0.491 e. The fourth-order valence-corrected chi connectivity index (χ4v) is 20.4. The summed E-state index contributed by atoms with van der Waals surface area (Å²) < 4.78 is 40.6. The van der Waals surface area contributed by atoms with E-state index in [1.807, 2.05) is 0 Å². The maximum Gasteiger partial charge on any atom is 0.491 e. The number of hydrogen-bond acceptors (Lipinski definition) is 6. The monoisotopic (exact) mass is 480 g/mol. The minimum atomic E-state index is -3.25. The lowest BCUT2D eigenvalue weighted by molar-refractivity contribution is -0.0170. The Morgan fingerprint density at radius 1 is 0.467 bits per heavy atom. The second-order valence-corrected chi connectivity index (χ2v) is 22.4. The van der Waals surface area contributed by atoms with Gasteiger partial charge < -0.3 is 25.6 Å². The van der Waals surface area contributed by atoms with Crippen LogP contribution in [0.5, 0.6) is 0 Å². The standard InChI is InChI=1S/C21H48O6Si3/c1-13-16-22-28(19(4,5)6)25-29(20(7,8)9,23-17-14-2)27-30(26-28,21(10,11)12)24-18-15-3/h13-18H2,1-12H3. The van der Waals surface area contributed by atoms with Crippen molar-refractivity contribution >= 4 is 26.4 Å². The molecule has 0 N–H and O–H groups in total. The van der Waals surface area contributed by atoms with E-state index in [1.165, 1.54) is 0 Å². The summed E-state index contributed by atoms with van der Waals surface area (Å²) >= 11 is 0. The molecule has 30 heavy (non-hydrogen) atoms. The summed E-state index contributed by atoms with van der Waals surface area (Å²) in [5.41, 5.74) is 0. The van der Waals surface area contributed by atoms with Crippen molar-refractivity contribution in [3.05, 3.63) is 0 Å². The topological polar surface area (TPSA) is 55.4 Å². The smallest absolute Gasteiger partial charge is 0.374 e. The Labute approximate surface area is 189 Å². The van der Waals surface area contributed by atoms with Crippen LogP contribution in [0.25, 0.3) is 0 Å². The molecule has 0 saturated carbocycles. The van der Waals surface area contributed by atoms with E-state index in [9.17, 15) is 0 Å². The summed E-state index contributed by atoms with van der Waals surface area (Å²) in [6.07, 6.45) is 2.66. The molecule has 0 radical (unpaired) electrons. The highest BCUT2D eigenvalue weighted by atomic mass is 28.5. The highest BCUT2D eigenvalue weighted by Gasteiger charge is 2.76. The molecule has 0 aliphatic carbocycles. The van der Waals surface area contributed by atoms with Crippen molar-refractivity contribution in [2.45, 2.75) is 117 Å². The van der Waals surface area contributed by atoms with Gasteiger partial charge in [0.2, 0.25) is 0 Å². The Morgan fingerprint density at radius 2 is 0.667 bits per heavy atom. The van der Waals surface area contributed by atoms with Gasteiger partial charge in [-0.15, -0.1) is 0 Å². The van der Waals surface area contributed by atoms with Crippen LogP contribution in [0.1, 0.15) is 102 Å². The molecule has 1 fully saturated rings. The molecule has 0 unspecified atom stereocenters. The van der Waals surface area contributed by atoms with E-state index >= 15 is 0 Å². The molecule has 1 saturated heterocycles. The van der Waals surface area contributed by atoms with E-state index in [2.05, 4.69) is 83.1 Å². The molecule has 6 nitrogen and oxygen atoms in total. The Morgan fingerprint density at radius 3 is 0.800 bits per heavy atom. The maximum absolute atomic E-state index is 6.97. The summed E-state index contributed by atoms with van der Waals surface area (Å²) in [6, 6.07) is 0. The molecule has 9 heteroatoms. The third kappa shape index (κ3) is 5.85. The zero-order valence-electron chi connectivity index (χ0n) is 21.7. The van der Waals surface area contributed by atoms with Crippen molar-refractivity contribution in [3.8, 4) is 0 Å². The molecule has 0 aromatic carbocycles. The van der Waals surface area contributed by atoms with E-state index in [-0.39, 0.29) is 15.1 Å². The molecule has 0 aromatic heterocycles. The van der Waals surface area contributed by atoms with Crippen LogP contribution in [-0.2, 0) is 25.6 Å². The summed E-state index contributed by atoms with van der Waals surface area (Å²) in [6.45, 7) is 27.3. The average Bonchev–Trinajstić information content (AvgIpc) is 2.60. The minimum Gasteiger partial charge on any atom is -0.374 e. The Balaban J connectivity index is 3.79. The van der Waals surface area contributed by atoms with E-state index in [1.54, 1.807) is 0 Å². The first kappa shape index (κ1) is 28.4. The highest BCUT2D eigenvalue weighted by Crippen LogP contribution is 2.56. The van der Waals surface area contributed by atoms with Crippen LogP contribution in [0.2, 0.25) is 15.1 Å². The fourth-order valence-electron chi connectivity index (χ4n) is 3.05. The second-order valence-electron chi connectivity index (χ2n) is 11.3. The highest BCUT2D eigenvalue weighted by molar-refractivity contribution is 6.91. The maximum atomic E-state index is 6.97. The fraction of sp³-hybridized carbons (Fsp3) is 1.00. The lowest BCUT2D eigenvalue weighted by Crippen LogP contribution is -2.79. The van der Waals surface area contributed by atoms with Crippen molar-refractivity contribution in [3.63, 3.8) is 0 Å². The molecule has 1 aliphatic heterocycles. The van der Waals surface area contributed by atoms with E-state index in [4.69, 9.17) is 25.6 Å². The molecular formula is C21H48O6Si3. The average molecular weight is 481 g/mol. The molecular weight excluding hydrogens is 432 g/mol. The Hall–Kier alpha value is 0.411. The van der Waals surface area contributed by atoms with E-state index in [0.29, 0.717) is 19.8 Å². The van der Waals surface area contributed by atoms with Gasteiger partial charge in [-0.05, 0) is 19.3 Å². The third-order valence-electron chi connectivity index (χ3n) is 5.05. The molecule has 1 heterocycles. The predicted molar refractivity (Wildman–Crippen MR) is 128 cm³/mol. The van der Waals surface area contributed by atoms with E-state index in [0.717, 1.165) is 19.3 Å². The zero-order valence-corrected chi connectivity index (χ0v) is 24.7. The van der Waals surface area contributed by atoms with Gasteiger partial charge in [0.1, 0.15) is 0 Å². The van der Waals surface area contributed by atoms with Crippen LogP contribution in [0.3, 0.4) is 0 Å². The molecule has 0 aromatic rings. The third-order valence-corrected chi connectivity index (χ3v) is 18.8. The van der Waals surface area contributed by atoms with Gasteiger partial charge in [0.05, 0.1) is 0 Å². The van der Waals surface area contributed by atoms with Crippen LogP contribution in [0.4, 0.5) is 0 Å². The second kappa shape index (κ2) is 10.1. The Kier molecular flexibility index (Phi) is 9.60. The zero-order chi connectivity index (χ0) is 23.5. The van der Waals surface area contributed by atoms with Crippen LogP contribution < -0.4 is 0 Å². The van der Waals surface area contributed by atoms with Gasteiger partial charge in [-0.1, -0.05) is 83.1 Å².